The van der Waals surface area contributed by atoms with Crippen LogP contribution in [0.3, 0.4) is 0 Å². The molecule has 0 bridgehead atoms. The maximum Gasteiger partial charge on any atom is 0.230 e. The van der Waals surface area contributed by atoms with Crippen LogP contribution in [-0.2, 0) is 4.79 Å². The smallest absolute Gasteiger partial charge is 0.230 e. The van der Waals surface area contributed by atoms with E-state index < -0.39 is 0 Å². The summed E-state index contributed by atoms with van der Waals surface area (Å²) in [5.41, 5.74) is -0.118. The predicted molar refractivity (Wildman–Crippen MR) is 52.3 cm³/mol. The Morgan fingerprint density at radius 3 is 2.33 bits per heavy atom. The number of aliphatic hydroxyl groups excluding tert-OH is 1. The summed E-state index contributed by atoms with van der Waals surface area (Å²) in [6.07, 6.45) is 0. The fourth-order valence-corrected chi connectivity index (χ4v) is 0.867. The van der Waals surface area contributed by atoms with Crippen molar-refractivity contribution < 1.29 is 9.90 Å². The van der Waals surface area contributed by atoms with E-state index in [1.165, 1.54) is 0 Å². The lowest BCUT2D eigenvalue weighted by Gasteiger charge is -2.29. The van der Waals surface area contributed by atoms with E-state index in [1.807, 2.05) is 20.8 Å². The molecular formula is C8H17NO2S. The van der Waals surface area contributed by atoms with Crippen LogP contribution < -0.4 is 5.32 Å². The molecular weight excluding hydrogens is 174 g/mol. The fraction of sp³-hybridized carbons (Fsp3) is 0.875. The van der Waals surface area contributed by atoms with Crippen molar-refractivity contribution in [2.24, 2.45) is 5.41 Å². The van der Waals surface area contributed by atoms with Crippen LogP contribution in [-0.4, -0.2) is 29.4 Å². The number of amides is 1. The largest absolute Gasteiger partial charge is 0.394 e. The molecule has 1 unspecified atom stereocenters. The SMILES string of the molecule is CC(C)(C)C(CO)NC(=O)CS. The zero-order chi connectivity index (χ0) is 9.78. The molecule has 12 heavy (non-hydrogen) atoms. The van der Waals surface area contributed by atoms with Gasteiger partial charge in [0.15, 0.2) is 0 Å². The molecule has 0 saturated carbocycles. The molecule has 0 spiro atoms. The van der Waals surface area contributed by atoms with E-state index in [1.54, 1.807) is 0 Å². The lowest BCUT2D eigenvalue weighted by molar-refractivity contribution is -0.120. The number of rotatable bonds is 3. The molecule has 0 aromatic carbocycles. The van der Waals surface area contributed by atoms with Crippen LogP contribution in [0, 0.1) is 5.41 Å². The summed E-state index contributed by atoms with van der Waals surface area (Å²) < 4.78 is 0. The Balaban J connectivity index is 4.09. The average Bonchev–Trinajstić information content (AvgIpc) is 1.97. The van der Waals surface area contributed by atoms with Gasteiger partial charge in [0.05, 0.1) is 18.4 Å². The first-order valence-corrected chi connectivity index (χ1v) is 4.56. The Hall–Kier alpha value is -0.220. The molecule has 0 aromatic heterocycles. The second-order valence-electron chi connectivity index (χ2n) is 3.83. The standard InChI is InChI=1S/C8H17NO2S/c1-8(2,3)6(4-10)9-7(11)5-12/h6,10,12H,4-5H2,1-3H3,(H,9,11). The summed E-state index contributed by atoms with van der Waals surface area (Å²) in [5, 5.41) is 11.7. The van der Waals surface area contributed by atoms with E-state index in [9.17, 15) is 4.79 Å². The zero-order valence-corrected chi connectivity index (χ0v) is 8.69. The Bertz CT molecular complexity index is 154. The van der Waals surface area contributed by atoms with Crippen molar-refractivity contribution in [3.63, 3.8) is 0 Å². The molecule has 1 atom stereocenters. The minimum Gasteiger partial charge on any atom is -0.394 e. The topological polar surface area (TPSA) is 49.3 Å². The van der Waals surface area contributed by atoms with Gasteiger partial charge in [-0.1, -0.05) is 20.8 Å². The number of carbonyl (C=O) groups is 1. The highest BCUT2D eigenvalue weighted by atomic mass is 32.1. The molecule has 2 N–H and O–H groups in total. The minimum absolute atomic E-state index is 0.0387. The van der Waals surface area contributed by atoms with Crippen molar-refractivity contribution in [2.75, 3.05) is 12.4 Å². The van der Waals surface area contributed by atoms with Crippen LogP contribution in [0.25, 0.3) is 0 Å². The molecule has 0 rings (SSSR count). The van der Waals surface area contributed by atoms with Crippen LogP contribution in [0.5, 0.6) is 0 Å². The quantitative estimate of drug-likeness (QED) is 0.567. The van der Waals surface area contributed by atoms with Gasteiger partial charge < -0.3 is 10.4 Å². The molecule has 4 heteroatoms. The molecule has 0 fully saturated rings. The molecule has 1 amide bonds. The normalized spacial score (nSPS) is 14.1. The summed E-state index contributed by atoms with van der Waals surface area (Å²) in [4.78, 5) is 10.9. The maximum atomic E-state index is 10.9. The summed E-state index contributed by atoms with van der Waals surface area (Å²) in [5.74, 6) is 0.0133. The first kappa shape index (κ1) is 11.8. The van der Waals surface area contributed by atoms with Gasteiger partial charge in [0.1, 0.15) is 0 Å². The predicted octanol–water partition coefficient (Wildman–Crippen LogP) is 0.439. The molecule has 0 saturated heterocycles. The average molecular weight is 191 g/mol. The second-order valence-corrected chi connectivity index (χ2v) is 4.14. The molecule has 0 aliphatic rings. The molecule has 0 aromatic rings. The molecule has 0 radical (unpaired) electrons. The van der Waals surface area contributed by atoms with Gasteiger partial charge in [-0.2, -0.15) is 12.6 Å². The third-order valence-electron chi connectivity index (χ3n) is 1.71. The molecule has 0 aliphatic carbocycles. The van der Waals surface area contributed by atoms with Gasteiger partial charge in [-0.25, -0.2) is 0 Å². The highest BCUT2D eigenvalue weighted by Crippen LogP contribution is 2.18. The van der Waals surface area contributed by atoms with Crippen molar-refractivity contribution in [3.05, 3.63) is 0 Å². The molecule has 0 heterocycles. The maximum absolute atomic E-state index is 10.9. The van der Waals surface area contributed by atoms with Crippen molar-refractivity contribution in [2.45, 2.75) is 26.8 Å². The van der Waals surface area contributed by atoms with Crippen LogP contribution in [0.4, 0.5) is 0 Å². The highest BCUT2D eigenvalue weighted by Gasteiger charge is 2.24. The first-order chi connectivity index (χ1) is 5.41. The molecule has 0 aliphatic heterocycles. The first-order valence-electron chi connectivity index (χ1n) is 3.93. The summed E-state index contributed by atoms with van der Waals surface area (Å²) in [7, 11) is 0. The van der Waals surface area contributed by atoms with Crippen molar-refractivity contribution in [3.8, 4) is 0 Å². The van der Waals surface area contributed by atoms with E-state index in [0.717, 1.165) is 0 Å². The number of carbonyl (C=O) groups excluding carboxylic acids is 1. The number of hydrogen-bond acceptors (Lipinski definition) is 3. The third kappa shape index (κ3) is 3.97. The highest BCUT2D eigenvalue weighted by molar-refractivity contribution is 7.81. The van der Waals surface area contributed by atoms with Crippen LogP contribution in [0.1, 0.15) is 20.8 Å². The van der Waals surface area contributed by atoms with Crippen LogP contribution in [0.2, 0.25) is 0 Å². The van der Waals surface area contributed by atoms with E-state index in [4.69, 9.17) is 5.11 Å². The number of aliphatic hydroxyl groups is 1. The lowest BCUT2D eigenvalue weighted by atomic mass is 9.87. The van der Waals surface area contributed by atoms with Gasteiger partial charge >= 0.3 is 0 Å². The van der Waals surface area contributed by atoms with Gasteiger partial charge in [0, 0.05) is 0 Å². The van der Waals surface area contributed by atoms with Gasteiger partial charge in [0.25, 0.3) is 0 Å². The summed E-state index contributed by atoms with van der Waals surface area (Å²) in [6.45, 7) is 5.86. The Kier molecular flexibility index (Phi) is 4.63. The Labute approximate surface area is 79.0 Å². The van der Waals surface area contributed by atoms with Gasteiger partial charge in [-0.05, 0) is 5.41 Å². The van der Waals surface area contributed by atoms with Crippen molar-refractivity contribution >= 4 is 18.5 Å². The Morgan fingerprint density at radius 2 is 2.08 bits per heavy atom. The number of nitrogens with one attached hydrogen (secondary N) is 1. The Morgan fingerprint density at radius 1 is 1.58 bits per heavy atom. The van der Waals surface area contributed by atoms with Gasteiger partial charge in [-0.15, -0.1) is 0 Å². The monoisotopic (exact) mass is 191 g/mol. The van der Waals surface area contributed by atoms with Crippen LogP contribution >= 0.6 is 12.6 Å². The van der Waals surface area contributed by atoms with Gasteiger partial charge in [-0.3, -0.25) is 4.79 Å². The summed E-state index contributed by atoms with van der Waals surface area (Å²) >= 11 is 3.83. The van der Waals surface area contributed by atoms with Crippen molar-refractivity contribution in [1.29, 1.82) is 0 Å². The number of hydrogen-bond donors (Lipinski definition) is 3. The van der Waals surface area contributed by atoms with E-state index in [2.05, 4.69) is 17.9 Å². The minimum atomic E-state index is -0.197. The molecule has 3 nitrogen and oxygen atoms in total. The summed E-state index contributed by atoms with van der Waals surface area (Å²) in [6, 6.07) is -0.197. The zero-order valence-electron chi connectivity index (χ0n) is 7.79. The lowest BCUT2D eigenvalue weighted by Crippen LogP contribution is -2.46. The van der Waals surface area contributed by atoms with E-state index >= 15 is 0 Å². The molecule has 72 valence electrons. The number of thiol groups is 1. The van der Waals surface area contributed by atoms with Crippen molar-refractivity contribution in [1.82, 2.24) is 5.32 Å². The second kappa shape index (κ2) is 4.72. The third-order valence-corrected chi connectivity index (χ3v) is 1.99. The fourth-order valence-electron chi connectivity index (χ4n) is 0.776. The van der Waals surface area contributed by atoms with Gasteiger partial charge in [0.2, 0.25) is 5.91 Å². The van der Waals surface area contributed by atoms with E-state index in [0.29, 0.717) is 0 Å². The van der Waals surface area contributed by atoms with E-state index in [-0.39, 0.29) is 29.7 Å². The van der Waals surface area contributed by atoms with Crippen LogP contribution in [0.15, 0.2) is 0 Å².